The average molecular weight is 739 g/mol. The van der Waals surface area contributed by atoms with Crippen LogP contribution < -0.4 is 14.4 Å². The first-order valence-corrected chi connectivity index (χ1v) is 20.4. The number of hydrogen-bond donors (Lipinski definition) is 2. The predicted molar refractivity (Wildman–Crippen MR) is 200 cm³/mol. The monoisotopic (exact) mass is 738 g/mol. The van der Waals surface area contributed by atoms with E-state index in [1.807, 2.05) is 25.1 Å². The minimum Gasteiger partial charge on any atom is -0.490 e. The molecule has 2 aromatic rings. The van der Waals surface area contributed by atoms with Crippen LogP contribution >= 0.6 is 11.6 Å². The summed E-state index contributed by atoms with van der Waals surface area (Å²) in [6, 6.07) is 11.0. The third-order valence-electron chi connectivity index (χ3n) is 11.9. The van der Waals surface area contributed by atoms with E-state index in [1.54, 1.807) is 27.0 Å². The van der Waals surface area contributed by atoms with Gasteiger partial charge in [-0.15, -0.1) is 4.36 Å². The second-order valence-corrected chi connectivity index (χ2v) is 18.6. The Morgan fingerprint density at radius 3 is 2.71 bits per heavy atom. The molecule has 2 N–H and O–H groups in total. The number of carbonyl (C=O) groups is 2. The van der Waals surface area contributed by atoms with Crippen molar-refractivity contribution in [3.8, 4) is 5.75 Å². The first-order chi connectivity index (χ1) is 24.3. The van der Waals surface area contributed by atoms with E-state index in [4.69, 9.17) is 21.1 Å². The number of anilines is 1. The van der Waals surface area contributed by atoms with E-state index in [0.717, 1.165) is 49.4 Å². The SMILES string of the molecule is CO[C@H]1/C=C/C[C@H](C)CS(=O)(NC(=O)N2CC(C(C)(C)O)C2)=NC(=O)c2ccc3c(c2)N(C[C@@H]2CC[C@H]21)C[C@@]1(CCCc2cc(Cl)ccc21)CO3. The van der Waals surface area contributed by atoms with Crippen molar-refractivity contribution in [1.82, 2.24) is 9.62 Å². The van der Waals surface area contributed by atoms with Gasteiger partial charge in [-0.2, -0.15) is 0 Å². The van der Waals surface area contributed by atoms with E-state index in [2.05, 4.69) is 38.3 Å². The number of rotatable bonds is 3. The zero-order valence-corrected chi connectivity index (χ0v) is 31.7. The van der Waals surface area contributed by atoms with Gasteiger partial charge in [-0.25, -0.2) is 9.00 Å². The number of hydrogen-bond acceptors (Lipinski definition) is 7. The largest absolute Gasteiger partial charge is 0.490 e. The minimum absolute atomic E-state index is 0.00735. The Morgan fingerprint density at radius 2 is 1.98 bits per heavy atom. The molecule has 0 aromatic heterocycles. The Kier molecular flexibility index (Phi) is 9.97. The summed E-state index contributed by atoms with van der Waals surface area (Å²) in [6.45, 7) is 8.04. The third kappa shape index (κ3) is 7.41. The number of halogens is 1. The smallest absolute Gasteiger partial charge is 0.329 e. The summed E-state index contributed by atoms with van der Waals surface area (Å²) >= 11 is 6.45. The highest BCUT2D eigenvalue weighted by Crippen LogP contribution is 2.47. The maximum Gasteiger partial charge on any atom is 0.329 e. The Labute approximate surface area is 307 Å². The summed E-state index contributed by atoms with van der Waals surface area (Å²) in [7, 11) is -1.75. The van der Waals surface area contributed by atoms with Crippen molar-refractivity contribution < 1.29 is 28.4 Å². The Hall–Kier alpha value is -3.12. The van der Waals surface area contributed by atoms with Crippen molar-refractivity contribution >= 4 is 39.1 Å². The number of nitrogens with one attached hydrogen (secondary N) is 1. The van der Waals surface area contributed by atoms with Crippen molar-refractivity contribution in [3.05, 3.63) is 70.3 Å². The molecule has 0 radical (unpaired) electrons. The van der Waals surface area contributed by atoms with E-state index in [1.165, 1.54) is 16.0 Å². The number of urea groups is 1. The third-order valence-corrected chi connectivity index (χ3v) is 14.1. The number of nitrogens with zero attached hydrogens (tertiary/aromatic N) is 3. The molecule has 10 nitrogen and oxygen atoms in total. The van der Waals surface area contributed by atoms with Gasteiger partial charge in [0.15, 0.2) is 0 Å². The highest BCUT2D eigenvalue weighted by Gasteiger charge is 2.45. The van der Waals surface area contributed by atoms with Gasteiger partial charge in [-0.1, -0.05) is 36.7 Å². The van der Waals surface area contributed by atoms with Crippen LogP contribution in [0.3, 0.4) is 0 Å². The second-order valence-electron chi connectivity index (χ2n) is 16.1. The predicted octanol–water partition coefficient (Wildman–Crippen LogP) is 6.39. The van der Waals surface area contributed by atoms with Crippen molar-refractivity contribution in [2.24, 2.45) is 28.0 Å². The van der Waals surface area contributed by atoms with Crippen LogP contribution in [0.2, 0.25) is 5.02 Å². The average Bonchev–Trinajstić information content (AvgIpc) is 3.17. The summed E-state index contributed by atoms with van der Waals surface area (Å²) in [5.74, 6) is 0.551. The zero-order valence-electron chi connectivity index (χ0n) is 30.1. The van der Waals surface area contributed by atoms with E-state index in [0.29, 0.717) is 55.8 Å². The number of fused-ring (bicyclic) bond motifs is 4. The molecule has 2 bridgehead atoms. The van der Waals surface area contributed by atoms with Crippen LogP contribution in [0.1, 0.15) is 74.4 Å². The topological polar surface area (TPSA) is 121 Å². The van der Waals surface area contributed by atoms with Gasteiger partial charge in [0.1, 0.15) is 15.7 Å². The number of carbonyl (C=O) groups excluding carboxylic acids is 2. The minimum atomic E-state index is -3.52. The number of ether oxygens (including phenoxy) is 2. The molecule has 2 fully saturated rings. The molecule has 1 unspecified atom stereocenters. The van der Waals surface area contributed by atoms with E-state index >= 15 is 0 Å². The van der Waals surface area contributed by atoms with Gasteiger partial charge in [0.25, 0.3) is 5.91 Å². The zero-order chi connectivity index (χ0) is 36.1. The fourth-order valence-electron chi connectivity index (χ4n) is 8.66. The maximum absolute atomic E-state index is 14.5. The normalized spacial score (nSPS) is 31.9. The molecule has 51 heavy (non-hydrogen) atoms. The molecular weight excluding hydrogens is 688 g/mol. The summed E-state index contributed by atoms with van der Waals surface area (Å²) in [4.78, 5) is 31.2. The number of likely N-dealkylation sites (tertiary alicyclic amines) is 1. The van der Waals surface area contributed by atoms with Gasteiger partial charge in [0, 0.05) is 55.2 Å². The molecule has 6 atom stereocenters. The molecule has 2 aromatic carbocycles. The van der Waals surface area contributed by atoms with Gasteiger partial charge in [0.05, 0.1) is 29.8 Å². The van der Waals surface area contributed by atoms with Gasteiger partial charge in [-0.3, -0.25) is 9.52 Å². The molecular formula is C39H51ClN4O6S. The first kappa shape index (κ1) is 36.2. The highest BCUT2D eigenvalue weighted by molar-refractivity contribution is 7.92. The second kappa shape index (κ2) is 14.0. The van der Waals surface area contributed by atoms with E-state index in [9.17, 15) is 18.9 Å². The van der Waals surface area contributed by atoms with Crippen LogP contribution in [0.4, 0.5) is 10.5 Å². The summed E-state index contributed by atoms with van der Waals surface area (Å²) < 4.78 is 34.1. The van der Waals surface area contributed by atoms with Gasteiger partial charge < -0.3 is 24.4 Å². The lowest BCUT2D eigenvalue weighted by Gasteiger charge is -2.46. The number of amides is 3. The van der Waals surface area contributed by atoms with Crippen molar-refractivity contribution in [2.45, 2.75) is 76.4 Å². The van der Waals surface area contributed by atoms with Crippen LogP contribution in [0, 0.1) is 23.7 Å². The van der Waals surface area contributed by atoms with Crippen LogP contribution in [-0.2, 0) is 26.5 Å². The molecule has 1 spiro atoms. The lowest BCUT2D eigenvalue weighted by atomic mass is 9.68. The van der Waals surface area contributed by atoms with Gasteiger partial charge >= 0.3 is 6.03 Å². The number of benzene rings is 2. The van der Waals surface area contributed by atoms with Gasteiger partial charge in [0.2, 0.25) is 0 Å². The van der Waals surface area contributed by atoms with Crippen molar-refractivity contribution in [2.75, 3.05) is 50.5 Å². The number of aryl methyl sites for hydroxylation is 1. The molecule has 276 valence electrons. The molecule has 3 amide bonds. The highest BCUT2D eigenvalue weighted by atomic mass is 35.5. The molecule has 5 aliphatic rings. The van der Waals surface area contributed by atoms with Gasteiger partial charge in [-0.05, 0) is 112 Å². The quantitative estimate of drug-likeness (QED) is 0.351. The Bertz CT molecular complexity index is 1830. The van der Waals surface area contributed by atoms with E-state index < -0.39 is 27.5 Å². The van der Waals surface area contributed by atoms with E-state index in [-0.39, 0.29) is 29.1 Å². The molecule has 12 heteroatoms. The molecule has 3 aliphatic heterocycles. The summed E-state index contributed by atoms with van der Waals surface area (Å²) in [6.07, 6.45) is 9.86. The fourth-order valence-corrected chi connectivity index (χ4v) is 10.7. The lowest BCUT2D eigenvalue weighted by Crippen LogP contribution is -2.60. The number of aliphatic hydroxyl groups is 1. The van der Waals surface area contributed by atoms with Crippen molar-refractivity contribution in [1.29, 1.82) is 0 Å². The van der Waals surface area contributed by atoms with Crippen LogP contribution in [-0.4, -0.2) is 83.5 Å². The van der Waals surface area contributed by atoms with Crippen LogP contribution in [0.15, 0.2) is 52.9 Å². The molecule has 7 rings (SSSR count). The maximum atomic E-state index is 14.5. The molecule has 1 saturated heterocycles. The lowest BCUT2D eigenvalue weighted by molar-refractivity contribution is -0.0450. The Balaban J connectivity index is 1.26. The number of allylic oxidation sites excluding steroid dienone is 1. The molecule has 3 heterocycles. The fraction of sp³-hybridized carbons (Fsp3) is 0.590. The molecule has 1 saturated carbocycles. The summed E-state index contributed by atoms with van der Waals surface area (Å²) in [5, 5.41) is 11.1. The summed E-state index contributed by atoms with van der Waals surface area (Å²) in [5.41, 5.74) is 2.45. The Morgan fingerprint density at radius 1 is 1.18 bits per heavy atom. The standard InChI is InChI=1S/C39H51ClN4O6S/c1-25-7-5-9-34(49-4)31-13-10-28(31)19-44-23-39(16-6-8-26-17-30(40)12-14-32(26)39)24-50-35-15-11-27(18-33(35)44)36(45)41-51(48,22-25)42-37(46)43-20-29(21-43)38(2,3)47/h5,9,11-12,14-15,17-18,25,28-29,31,34,47H,6-8,10,13,16,19-24H2,1-4H3,(H,41,42,45,46,48)/b9-5+/t25-,28-,31+,34-,39-,51?/m0/s1. The number of methoxy groups -OCH3 is 1. The molecule has 2 aliphatic carbocycles. The first-order valence-electron chi connectivity index (χ1n) is 18.3. The van der Waals surface area contributed by atoms with Crippen molar-refractivity contribution in [3.63, 3.8) is 0 Å². The van der Waals surface area contributed by atoms with Crippen LogP contribution in [0.5, 0.6) is 5.75 Å². The van der Waals surface area contributed by atoms with Crippen LogP contribution in [0.25, 0.3) is 0 Å².